The van der Waals surface area contributed by atoms with Gasteiger partial charge in [0.1, 0.15) is 19.3 Å². The molecule has 0 amide bonds. The number of aliphatic hydroxyl groups is 1. The summed E-state index contributed by atoms with van der Waals surface area (Å²) < 4.78 is 68.1. The van der Waals surface area contributed by atoms with Gasteiger partial charge in [-0.05, 0) is 141 Å². The van der Waals surface area contributed by atoms with Crippen molar-refractivity contribution in [1.29, 1.82) is 0 Å². The first kappa shape index (κ1) is 94.4. The second-order valence-corrected chi connectivity index (χ2v) is 27.0. The molecular formula is C81H130O17P2. The third-order valence-electron chi connectivity index (χ3n) is 14.7. The van der Waals surface area contributed by atoms with E-state index < -0.39 is 97.5 Å². The number of allylic oxidation sites excluding steroid dienone is 28. The van der Waals surface area contributed by atoms with Gasteiger partial charge in [-0.15, -0.1) is 0 Å². The van der Waals surface area contributed by atoms with Gasteiger partial charge >= 0.3 is 39.5 Å². The van der Waals surface area contributed by atoms with Gasteiger partial charge < -0.3 is 33.8 Å². The second kappa shape index (κ2) is 71.8. The number of esters is 4. The molecule has 0 aliphatic carbocycles. The summed E-state index contributed by atoms with van der Waals surface area (Å²) in [6, 6.07) is 0. The Bertz CT molecular complexity index is 2400. The van der Waals surface area contributed by atoms with E-state index >= 15 is 0 Å². The van der Waals surface area contributed by atoms with E-state index in [-0.39, 0.29) is 25.7 Å². The van der Waals surface area contributed by atoms with Crippen molar-refractivity contribution in [3.8, 4) is 0 Å². The predicted octanol–water partition coefficient (Wildman–Crippen LogP) is 21.4. The lowest BCUT2D eigenvalue weighted by Crippen LogP contribution is -2.30. The summed E-state index contributed by atoms with van der Waals surface area (Å²) in [6.45, 7) is 4.33. The maximum Gasteiger partial charge on any atom is 0.472 e. The SMILES string of the molecule is CC/C=C\C/C=C\C/C=C\C/C=C\C/C=C\C/C=C\CCC(=O)OCC(COP(=O)(O)OCC(O)COP(=O)(O)OCC(COC(=O)CC/C=C\C/C=C\C/C=C\C/C=C\C/C=C\C/C=C\CC)OC(=O)CCCCCCC/C=C\CCCC)OC(=O)CCCCCCC/C=C\CCCC. The molecule has 0 aliphatic heterocycles. The number of rotatable bonds is 68. The Morgan fingerprint density at radius 1 is 0.290 bits per heavy atom. The lowest BCUT2D eigenvalue weighted by molar-refractivity contribution is -0.161. The zero-order valence-electron chi connectivity index (χ0n) is 61.5. The van der Waals surface area contributed by atoms with Crippen LogP contribution in [-0.4, -0.2) is 96.7 Å². The number of phosphoric ester groups is 2. The fraction of sp³-hybridized carbons (Fsp3) is 0.605. The van der Waals surface area contributed by atoms with Crippen LogP contribution in [0.4, 0.5) is 0 Å². The quantitative estimate of drug-likeness (QED) is 0.0169. The fourth-order valence-corrected chi connectivity index (χ4v) is 10.6. The maximum atomic E-state index is 13.0. The van der Waals surface area contributed by atoms with Crippen LogP contribution in [0.2, 0.25) is 0 Å². The average Bonchev–Trinajstić information content (AvgIpc) is 0.953. The van der Waals surface area contributed by atoms with E-state index in [1.54, 1.807) is 0 Å². The molecule has 0 saturated heterocycles. The molecule has 19 heteroatoms. The lowest BCUT2D eigenvalue weighted by atomic mass is 10.1. The van der Waals surface area contributed by atoms with Crippen LogP contribution in [0.15, 0.2) is 170 Å². The fourth-order valence-electron chi connectivity index (χ4n) is 9.00. The summed E-state index contributed by atoms with van der Waals surface area (Å²) >= 11 is 0. The van der Waals surface area contributed by atoms with E-state index in [2.05, 4.69) is 161 Å². The molecule has 0 bridgehead atoms. The van der Waals surface area contributed by atoms with E-state index in [1.807, 2.05) is 36.5 Å². The topological polar surface area (TPSA) is 237 Å². The van der Waals surface area contributed by atoms with Gasteiger partial charge in [0, 0.05) is 25.7 Å². The molecule has 0 spiro atoms. The maximum absolute atomic E-state index is 13.0. The number of hydrogen-bond donors (Lipinski definition) is 3. The average molecular weight is 1440 g/mol. The van der Waals surface area contributed by atoms with E-state index in [0.29, 0.717) is 38.5 Å². The molecule has 17 nitrogen and oxygen atoms in total. The Morgan fingerprint density at radius 2 is 0.540 bits per heavy atom. The third kappa shape index (κ3) is 70.8. The van der Waals surface area contributed by atoms with E-state index in [9.17, 15) is 43.2 Å². The van der Waals surface area contributed by atoms with Crippen molar-refractivity contribution in [2.45, 2.75) is 277 Å². The minimum absolute atomic E-state index is 0.0278. The molecule has 0 aromatic rings. The van der Waals surface area contributed by atoms with Gasteiger partial charge in [-0.1, -0.05) is 262 Å². The van der Waals surface area contributed by atoms with Crippen molar-refractivity contribution in [3.63, 3.8) is 0 Å². The van der Waals surface area contributed by atoms with E-state index in [1.165, 1.54) is 12.8 Å². The second-order valence-electron chi connectivity index (χ2n) is 24.1. The molecule has 0 heterocycles. The van der Waals surface area contributed by atoms with Crippen LogP contribution in [-0.2, 0) is 65.4 Å². The smallest absolute Gasteiger partial charge is 0.462 e. The molecule has 4 atom stereocenters. The Morgan fingerprint density at radius 3 is 0.840 bits per heavy atom. The molecular weight excluding hydrogens is 1310 g/mol. The minimum atomic E-state index is -5.00. The molecule has 0 radical (unpaired) electrons. The van der Waals surface area contributed by atoms with E-state index in [0.717, 1.165) is 154 Å². The van der Waals surface area contributed by atoms with Gasteiger partial charge in [0.2, 0.25) is 0 Å². The monoisotopic (exact) mass is 1440 g/mol. The van der Waals surface area contributed by atoms with Crippen LogP contribution in [0.3, 0.4) is 0 Å². The van der Waals surface area contributed by atoms with Crippen LogP contribution in [0.5, 0.6) is 0 Å². The van der Waals surface area contributed by atoms with Gasteiger partial charge in [-0.25, -0.2) is 9.13 Å². The van der Waals surface area contributed by atoms with Crippen LogP contribution in [0, 0.1) is 0 Å². The molecule has 0 aliphatic rings. The predicted molar refractivity (Wildman–Crippen MR) is 408 cm³/mol. The Hall–Kier alpha value is -5.58. The number of carbonyl (C=O) groups excluding carboxylic acids is 4. The normalized spacial score (nSPS) is 14.9. The Balaban J connectivity index is 5.43. The van der Waals surface area contributed by atoms with Crippen molar-refractivity contribution in [3.05, 3.63) is 170 Å². The molecule has 3 N–H and O–H groups in total. The van der Waals surface area contributed by atoms with Gasteiger partial charge in [-0.2, -0.15) is 0 Å². The van der Waals surface area contributed by atoms with Crippen molar-refractivity contribution in [2.24, 2.45) is 0 Å². The summed E-state index contributed by atoms with van der Waals surface area (Å²) in [5.41, 5.74) is 0. The van der Waals surface area contributed by atoms with Gasteiger partial charge in [0.25, 0.3) is 0 Å². The molecule has 0 saturated carbocycles. The van der Waals surface area contributed by atoms with Gasteiger partial charge in [-0.3, -0.25) is 37.3 Å². The lowest BCUT2D eigenvalue weighted by Gasteiger charge is -2.21. The molecule has 566 valence electrons. The summed E-state index contributed by atoms with van der Waals surface area (Å²) in [5, 5.41) is 10.6. The number of hydrogen-bond acceptors (Lipinski definition) is 15. The first-order chi connectivity index (χ1) is 48.7. The Kier molecular flexibility index (Phi) is 67.8. The third-order valence-corrected chi connectivity index (χ3v) is 16.6. The molecule has 0 fully saturated rings. The highest BCUT2D eigenvalue weighted by atomic mass is 31.2. The molecule has 0 aromatic heterocycles. The number of aliphatic hydroxyl groups excluding tert-OH is 1. The van der Waals surface area contributed by atoms with Crippen LogP contribution in [0.1, 0.15) is 259 Å². The summed E-state index contributed by atoms with van der Waals surface area (Å²) in [7, 11) is -10.0. The van der Waals surface area contributed by atoms with Gasteiger partial charge in [0.15, 0.2) is 12.2 Å². The number of unbranched alkanes of at least 4 members (excludes halogenated alkanes) is 14. The summed E-state index contributed by atoms with van der Waals surface area (Å²) in [6.07, 6.45) is 84.0. The van der Waals surface area contributed by atoms with Crippen LogP contribution < -0.4 is 0 Å². The van der Waals surface area contributed by atoms with Crippen molar-refractivity contribution in [1.82, 2.24) is 0 Å². The van der Waals surface area contributed by atoms with Gasteiger partial charge in [0.05, 0.1) is 26.4 Å². The van der Waals surface area contributed by atoms with Crippen LogP contribution in [0.25, 0.3) is 0 Å². The zero-order chi connectivity index (χ0) is 73.2. The zero-order valence-corrected chi connectivity index (χ0v) is 63.3. The molecule has 0 rings (SSSR count). The number of phosphoric acid groups is 2. The highest BCUT2D eigenvalue weighted by Crippen LogP contribution is 2.45. The number of ether oxygens (including phenoxy) is 4. The van der Waals surface area contributed by atoms with E-state index in [4.69, 9.17) is 37.0 Å². The molecule has 100 heavy (non-hydrogen) atoms. The largest absolute Gasteiger partial charge is 0.472 e. The first-order valence-electron chi connectivity index (χ1n) is 37.4. The van der Waals surface area contributed by atoms with Crippen molar-refractivity contribution < 1.29 is 80.2 Å². The highest BCUT2D eigenvalue weighted by molar-refractivity contribution is 7.47. The first-order valence-corrected chi connectivity index (χ1v) is 40.4. The number of carbonyl (C=O) groups is 4. The molecule has 0 aromatic carbocycles. The highest BCUT2D eigenvalue weighted by Gasteiger charge is 2.30. The van der Waals surface area contributed by atoms with Crippen LogP contribution >= 0.6 is 15.6 Å². The minimum Gasteiger partial charge on any atom is -0.462 e. The van der Waals surface area contributed by atoms with Crippen molar-refractivity contribution >= 4 is 39.5 Å². The molecule has 4 unspecified atom stereocenters. The van der Waals surface area contributed by atoms with Crippen molar-refractivity contribution in [2.75, 3.05) is 39.6 Å². The summed E-state index contributed by atoms with van der Waals surface area (Å²) in [4.78, 5) is 72.6. The Labute approximate surface area is 603 Å². The standard InChI is InChI=1S/C81H130O17P2/c1-5-9-13-17-21-25-29-31-33-35-37-39-41-43-47-49-53-57-61-65-78(83)91-71-76(97-80(85)67-63-59-55-51-45-27-23-19-15-11-7-3)73-95-99(87,88)93-69-75(82)70-94-100(89,90)96-74-77(98-81(86)68-64-60-56-52-46-28-24-20-16-12-8-4)72-92-79(84)66-62-58-54-50-48-44-42-40-38-36-34-32-30-26-22-18-14-10-6-2/h9-10,13-14,19-26,31-34,37-40,43-44,47-48,53-54,57-58,75-77,82H,5-8,11-12,15-18,27-30,35-36,41-42,45-46,49-52,55-56,59-74H2,1-4H3,(H,87,88)(H,89,90)/b13-9-,14-10-,23-19-,24-20-,25-21-,26-22-,33-31-,34-32-,39-37-,40-38-,47-43-,48-44-,57-53-,58-54-. The summed E-state index contributed by atoms with van der Waals surface area (Å²) in [5.74, 6) is -2.41.